The van der Waals surface area contributed by atoms with E-state index in [1.165, 1.54) is 19.3 Å². The number of rotatable bonds is 6. The summed E-state index contributed by atoms with van der Waals surface area (Å²) in [6.07, 6.45) is 1.29. The summed E-state index contributed by atoms with van der Waals surface area (Å²) in [5.74, 6) is -0.0904. The second kappa shape index (κ2) is 8.02. The van der Waals surface area contributed by atoms with Crippen molar-refractivity contribution in [1.29, 1.82) is 0 Å². The molecule has 0 saturated heterocycles. The summed E-state index contributed by atoms with van der Waals surface area (Å²) in [6.45, 7) is 1.84. The van der Waals surface area contributed by atoms with Gasteiger partial charge in [0.15, 0.2) is 5.78 Å². The van der Waals surface area contributed by atoms with Gasteiger partial charge in [-0.2, -0.15) is 0 Å². The van der Waals surface area contributed by atoms with Crippen LogP contribution in [0, 0.1) is 0 Å². The molecular formula is C20H17N3O3. The smallest absolute Gasteiger partial charge is 0.274 e. The number of carbonyl (C=O) groups is 2. The van der Waals surface area contributed by atoms with Crippen LogP contribution in [-0.4, -0.2) is 21.7 Å². The molecular weight excluding hydrogens is 330 g/mol. The van der Waals surface area contributed by atoms with Crippen molar-refractivity contribution in [2.75, 3.05) is 5.32 Å². The van der Waals surface area contributed by atoms with Crippen LogP contribution in [0.4, 0.5) is 5.69 Å². The topological polar surface area (TPSA) is 81.2 Å². The van der Waals surface area contributed by atoms with Gasteiger partial charge < -0.3 is 10.1 Å². The maximum absolute atomic E-state index is 12.3. The first-order valence-corrected chi connectivity index (χ1v) is 8.03. The minimum absolute atomic E-state index is 0.0288. The molecule has 0 saturated carbocycles. The van der Waals surface area contributed by atoms with Gasteiger partial charge in [0, 0.05) is 17.3 Å². The van der Waals surface area contributed by atoms with Crippen molar-refractivity contribution in [2.45, 2.75) is 13.5 Å². The van der Waals surface area contributed by atoms with E-state index in [4.69, 9.17) is 4.74 Å². The Balaban J connectivity index is 1.65. The lowest BCUT2D eigenvalue weighted by molar-refractivity contribution is 0.101. The first-order valence-electron chi connectivity index (χ1n) is 8.03. The minimum Gasteiger partial charge on any atom is -0.473 e. The summed E-state index contributed by atoms with van der Waals surface area (Å²) in [4.78, 5) is 31.6. The third-order valence-corrected chi connectivity index (χ3v) is 3.65. The zero-order chi connectivity index (χ0) is 18.4. The molecule has 26 heavy (non-hydrogen) atoms. The summed E-state index contributed by atoms with van der Waals surface area (Å²) in [6, 6.07) is 17.8. The van der Waals surface area contributed by atoms with E-state index in [1.54, 1.807) is 24.3 Å². The summed E-state index contributed by atoms with van der Waals surface area (Å²) >= 11 is 0. The average molecular weight is 347 g/mol. The van der Waals surface area contributed by atoms with Gasteiger partial charge in [-0.25, -0.2) is 9.97 Å². The Bertz CT molecular complexity index is 909. The van der Waals surface area contributed by atoms with Gasteiger partial charge in [0.2, 0.25) is 5.88 Å². The molecule has 3 rings (SSSR count). The molecule has 1 aromatic heterocycles. The molecule has 1 amide bonds. The van der Waals surface area contributed by atoms with E-state index >= 15 is 0 Å². The number of anilines is 1. The molecule has 0 aliphatic rings. The first kappa shape index (κ1) is 17.3. The van der Waals surface area contributed by atoms with Gasteiger partial charge >= 0.3 is 0 Å². The maximum atomic E-state index is 12.3. The van der Waals surface area contributed by atoms with Crippen LogP contribution in [0.5, 0.6) is 5.88 Å². The summed E-state index contributed by atoms with van der Waals surface area (Å²) in [5.41, 5.74) is 2.35. The maximum Gasteiger partial charge on any atom is 0.274 e. The van der Waals surface area contributed by atoms with Crippen LogP contribution in [0.2, 0.25) is 0 Å². The number of aromatic nitrogens is 2. The molecule has 0 fully saturated rings. The third-order valence-electron chi connectivity index (χ3n) is 3.65. The van der Waals surface area contributed by atoms with Crippen molar-refractivity contribution in [1.82, 2.24) is 9.97 Å². The molecule has 6 nitrogen and oxygen atoms in total. The molecule has 0 aliphatic carbocycles. The Labute approximate surface area is 150 Å². The fraction of sp³-hybridized carbons (Fsp3) is 0.100. The number of hydrogen-bond donors (Lipinski definition) is 1. The van der Waals surface area contributed by atoms with Gasteiger partial charge in [-0.05, 0) is 36.8 Å². The van der Waals surface area contributed by atoms with Crippen molar-refractivity contribution in [3.63, 3.8) is 0 Å². The van der Waals surface area contributed by atoms with Gasteiger partial charge in [-0.15, -0.1) is 0 Å². The number of ether oxygens (including phenoxy) is 1. The number of ketones is 1. The fourth-order valence-electron chi connectivity index (χ4n) is 2.26. The lowest BCUT2D eigenvalue weighted by Gasteiger charge is -2.08. The normalized spacial score (nSPS) is 10.2. The second-order valence-electron chi connectivity index (χ2n) is 5.60. The van der Waals surface area contributed by atoms with E-state index in [2.05, 4.69) is 15.3 Å². The average Bonchev–Trinajstić information content (AvgIpc) is 2.68. The standard InChI is InChI=1S/C20H17N3O3/c1-14(24)16-7-9-17(10-8-16)23-20(25)18-11-19(22-13-21-18)26-12-15-5-3-2-4-6-15/h2-11,13H,12H2,1H3,(H,23,25). The molecule has 0 bridgehead atoms. The van der Waals surface area contributed by atoms with E-state index < -0.39 is 0 Å². The van der Waals surface area contributed by atoms with Gasteiger partial charge in [-0.3, -0.25) is 9.59 Å². The summed E-state index contributed by atoms with van der Waals surface area (Å²) in [5, 5.41) is 2.73. The lowest BCUT2D eigenvalue weighted by atomic mass is 10.1. The number of carbonyl (C=O) groups excluding carboxylic acids is 2. The minimum atomic E-state index is -0.382. The van der Waals surface area contributed by atoms with Crippen LogP contribution in [0.3, 0.4) is 0 Å². The number of nitrogens with zero attached hydrogens (tertiary/aromatic N) is 2. The quantitative estimate of drug-likeness (QED) is 0.690. The molecule has 1 N–H and O–H groups in total. The molecule has 0 spiro atoms. The second-order valence-corrected chi connectivity index (χ2v) is 5.60. The zero-order valence-electron chi connectivity index (χ0n) is 14.2. The molecule has 130 valence electrons. The Morgan fingerprint density at radius 2 is 1.73 bits per heavy atom. The fourth-order valence-corrected chi connectivity index (χ4v) is 2.26. The van der Waals surface area contributed by atoms with Crippen molar-refractivity contribution in [3.05, 3.63) is 83.8 Å². The van der Waals surface area contributed by atoms with Gasteiger partial charge in [0.25, 0.3) is 5.91 Å². The highest BCUT2D eigenvalue weighted by Gasteiger charge is 2.10. The van der Waals surface area contributed by atoms with Gasteiger partial charge in [-0.1, -0.05) is 30.3 Å². The Morgan fingerprint density at radius 3 is 2.42 bits per heavy atom. The van der Waals surface area contributed by atoms with Crippen molar-refractivity contribution in [2.24, 2.45) is 0 Å². The highest BCUT2D eigenvalue weighted by Crippen LogP contribution is 2.14. The first-order chi connectivity index (χ1) is 12.6. The van der Waals surface area contributed by atoms with Crippen LogP contribution in [0.25, 0.3) is 0 Å². The van der Waals surface area contributed by atoms with Crippen LogP contribution in [0.15, 0.2) is 67.0 Å². The van der Waals surface area contributed by atoms with Gasteiger partial charge in [0.1, 0.15) is 18.6 Å². The van der Waals surface area contributed by atoms with Gasteiger partial charge in [0.05, 0.1) is 0 Å². The number of Topliss-reactive ketones (excluding diaryl/α,β-unsaturated/α-hetero) is 1. The van der Waals surface area contributed by atoms with Crippen LogP contribution in [0.1, 0.15) is 33.3 Å². The lowest BCUT2D eigenvalue weighted by Crippen LogP contribution is -2.14. The molecule has 6 heteroatoms. The number of benzene rings is 2. The number of amides is 1. The van der Waals surface area contributed by atoms with E-state index in [0.717, 1.165) is 5.56 Å². The largest absolute Gasteiger partial charge is 0.473 e. The SMILES string of the molecule is CC(=O)c1ccc(NC(=O)c2cc(OCc3ccccc3)ncn2)cc1. The van der Waals surface area contributed by atoms with E-state index in [1.807, 2.05) is 30.3 Å². The van der Waals surface area contributed by atoms with E-state index in [-0.39, 0.29) is 17.4 Å². The van der Waals surface area contributed by atoms with Crippen molar-refractivity contribution >= 4 is 17.4 Å². The molecule has 1 heterocycles. The molecule has 0 unspecified atom stereocenters. The van der Waals surface area contributed by atoms with E-state index in [9.17, 15) is 9.59 Å². The zero-order valence-corrected chi connectivity index (χ0v) is 14.2. The summed E-state index contributed by atoms with van der Waals surface area (Å²) in [7, 11) is 0. The summed E-state index contributed by atoms with van der Waals surface area (Å²) < 4.78 is 5.61. The van der Waals surface area contributed by atoms with Crippen LogP contribution < -0.4 is 10.1 Å². The van der Waals surface area contributed by atoms with Crippen molar-refractivity contribution in [3.8, 4) is 5.88 Å². The predicted octanol–water partition coefficient (Wildman–Crippen LogP) is 3.51. The van der Waals surface area contributed by atoms with Crippen LogP contribution >= 0.6 is 0 Å². The Morgan fingerprint density at radius 1 is 1.00 bits per heavy atom. The van der Waals surface area contributed by atoms with Crippen LogP contribution in [-0.2, 0) is 6.61 Å². The molecule has 0 radical (unpaired) electrons. The molecule has 3 aromatic rings. The third kappa shape index (κ3) is 4.51. The Hall–Kier alpha value is -3.54. The Kier molecular flexibility index (Phi) is 5.34. The van der Waals surface area contributed by atoms with E-state index in [0.29, 0.717) is 23.7 Å². The van der Waals surface area contributed by atoms with Crippen molar-refractivity contribution < 1.29 is 14.3 Å². The highest BCUT2D eigenvalue weighted by atomic mass is 16.5. The predicted molar refractivity (Wildman–Crippen MR) is 97.2 cm³/mol. The monoisotopic (exact) mass is 347 g/mol. The molecule has 2 aromatic carbocycles. The molecule has 0 aliphatic heterocycles. The highest BCUT2D eigenvalue weighted by molar-refractivity contribution is 6.03. The number of hydrogen-bond acceptors (Lipinski definition) is 5. The number of nitrogens with one attached hydrogen (secondary N) is 1. The molecule has 0 atom stereocenters.